The Kier molecular flexibility index (Phi) is 3.30. The normalized spacial score (nSPS) is 21.5. The van der Waals surface area contributed by atoms with Gasteiger partial charge in [0.2, 0.25) is 0 Å². The van der Waals surface area contributed by atoms with E-state index in [9.17, 15) is 0 Å². The third kappa shape index (κ3) is 2.62. The summed E-state index contributed by atoms with van der Waals surface area (Å²) >= 11 is 0. The first-order valence-corrected chi connectivity index (χ1v) is 8.05. The zero-order valence-electron chi connectivity index (χ0n) is 12.6. The number of aromatic nitrogens is 1. The highest BCUT2D eigenvalue weighted by Gasteiger charge is 2.29. The van der Waals surface area contributed by atoms with Crippen LogP contribution in [0, 0.1) is 0 Å². The van der Waals surface area contributed by atoms with Crippen LogP contribution in [0.2, 0.25) is 0 Å². The van der Waals surface area contributed by atoms with E-state index in [1.165, 1.54) is 43.2 Å². The van der Waals surface area contributed by atoms with Gasteiger partial charge in [0.1, 0.15) is 5.76 Å². The van der Waals surface area contributed by atoms with Crippen molar-refractivity contribution in [2.24, 2.45) is 0 Å². The molecule has 0 aliphatic heterocycles. The van der Waals surface area contributed by atoms with Gasteiger partial charge in [0.15, 0.2) is 0 Å². The van der Waals surface area contributed by atoms with Crippen LogP contribution in [0.25, 0.3) is 0 Å². The first-order chi connectivity index (χ1) is 10.3. The van der Waals surface area contributed by atoms with Gasteiger partial charge in [-0.1, -0.05) is 29.4 Å². The molecule has 1 atom stereocenters. The van der Waals surface area contributed by atoms with Gasteiger partial charge < -0.3 is 4.52 Å². The maximum atomic E-state index is 5.47. The van der Waals surface area contributed by atoms with E-state index in [1.807, 2.05) is 0 Å². The molecule has 3 heteroatoms. The van der Waals surface area contributed by atoms with Crippen LogP contribution in [-0.2, 0) is 13.0 Å². The van der Waals surface area contributed by atoms with E-state index in [2.05, 4.69) is 47.4 Å². The second kappa shape index (κ2) is 5.30. The van der Waals surface area contributed by atoms with Crippen LogP contribution in [0.4, 0.5) is 0 Å². The summed E-state index contributed by atoms with van der Waals surface area (Å²) in [6, 6.07) is 11.5. The van der Waals surface area contributed by atoms with Gasteiger partial charge in [-0.05, 0) is 50.3 Å². The molecule has 1 heterocycles. The highest BCUT2D eigenvalue weighted by Crippen LogP contribution is 2.40. The molecular weight excluding hydrogens is 260 g/mol. The van der Waals surface area contributed by atoms with E-state index in [-0.39, 0.29) is 0 Å². The third-order valence-electron chi connectivity index (χ3n) is 4.84. The minimum atomic E-state index is 0.510. The van der Waals surface area contributed by atoms with E-state index >= 15 is 0 Å². The second-order valence-electron chi connectivity index (χ2n) is 6.52. The van der Waals surface area contributed by atoms with E-state index in [0.29, 0.717) is 12.0 Å². The largest absolute Gasteiger partial charge is 0.361 e. The molecule has 21 heavy (non-hydrogen) atoms. The molecule has 0 bridgehead atoms. The fraction of sp³-hybridized carbons (Fsp3) is 0.500. The molecule has 0 N–H and O–H groups in total. The number of hydrogen-bond acceptors (Lipinski definition) is 3. The van der Waals surface area contributed by atoms with Gasteiger partial charge in [0, 0.05) is 24.6 Å². The van der Waals surface area contributed by atoms with E-state index < -0.39 is 0 Å². The molecule has 0 spiro atoms. The lowest BCUT2D eigenvalue weighted by molar-refractivity contribution is 0.207. The predicted molar refractivity (Wildman–Crippen MR) is 82.1 cm³/mol. The lowest BCUT2D eigenvalue weighted by atomic mass is 9.87. The zero-order valence-corrected chi connectivity index (χ0v) is 12.6. The van der Waals surface area contributed by atoms with Crippen LogP contribution in [0.3, 0.4) is 0 Å². The van der Waals surface area contributed by atoms with Crippen LogP contribution >= 0.6 is 0 Å². The molecule has 110 valence electrons. The van der Waals surface area contributed by atoms with Gasteiger partial charge in [0.25, 0.3) is 0 Å². The van der Waals surface area contributed by atoms with Crippen LogP contribution < -0.4 is 0 Å². The monoisotopic (exact) mass is 282 g/mol. The molecule has 0 unspecified atom stereocenters. The Labute approximate surface area is 125 Å². The minimum Gasteiger partial charge on any atom is -0.361 e. The number of rotatable bonds is 4. The molecule has 1 fully saturated rings. The van der Waals surface area contributed by atoms with Gasteiger partial charge in [-0.15, -0.1) is 0 Å². The molecule has 2 aliphatic carbocycles. The Morgan fingerprint density at radius 3 is 2.95 bits per heavy atom. The molecule has 1 saturated carbocycles. The molecule has 1 aromatic carbocycles. The summed E-state index contributed by atoms with van der Waals surface area (Å²) in [5, 5.41) is 4.25. The van der Waals surface area contributed by atoms with Gasteiger partial charge in [-0.3, -0.25) is 4.90 Å². The topological polar surface area (TPSA) is 29.3 Å². The van der Waals surface area contributed by atoms with Crippen LogP contribution in [0.15, 0.2) is 34.9 Å². The standard InChI is InChI=1S/C18H22N2O/c1-20(12-15-11-18(21-19-15)14-9-10-14)17-8-4-6-13-5-2-3-7-16(13)17/h2-3,5,7,11,14,17H,4,6,8-10,12H2,1H3/t17-/m0/s1. The number of fused-ring (bicyclic) bond motifs is 1. The van der Waals surface area contributed by atoms with Crippen molar-refractivity contribution in [3.63, 3.8) is 0 Å². The smallest absolute Gasteiger partial charge is 0.140 e. The summed E-state index contributed by atoms with van der Waals surface area (Å²) in [6.45, 7) is 0.870. The van der Waals surface area contributed by atoms with E-state index in [1.54, 1.807) is 0 Å². The second-order valence-corrected chi connectivity index (χ2v) is 6.52. The summed E-state index contributed by atoms with van der Waals surface area (Å²) in [5.74, 6) is 1.73. The fourth-order valence-corrected chi connectivity index (χ4v) is 3.51. The number of nitrogens with zero attached hydrogens (tertiary/aromatic N) is 2. The molecule has 2 aromatic rings. The van der Waals surface area contributed by atoms with Crippen LogP contribution in [0.5, 0.6) is 0 Å². The van der Waals surface area contributed by atoms with Crippen molar-refractivity contribution in [1.29, 1.82) is 0 Å². The quantitative estimate of drug-likeness (QED) is 0.846. The molecule has 4 rings (SSSR count). The van der Waals surface area contributed by atoms with Crippen LogP contribution in [-0.4, -0.2) is 17.1 Å². The van der Waals surface area contributed by atoms with Crippen molar-refractivity contribution >= 4 is 0 Å². The van der Waals surface area contributed by atoms with Crippen molar-refractivity contribution in [3.8, 4) is 0 Å². The highest BCUT2D eigenvalue weighted by molar-refractivity contribution is 5.32. The summed E-state index contributed by atoms with van der Waals surface area (Å²) in [6.07, 6.45) is 6.26. The summed E-state index contributed by atoms with van der Waals surface area (Å²) in [7, 11) is 2.21. The first-order valence-electron chi connectivity index (χ1n) is 8.05. The van der Waals surface area contributed by atoms with Gasteiger partial charge in [-0.25, -0.2) is 0 Å². The van der Waals surface area contributed by atoms with Crippen molar-refractivity contribution in [2.45, 2.75) is 50.6 Å². The SMILES string of the molecule is CN(Cc1cc(C2CC2)on1)[C@H]1CCCc2ccccc21. The fourth-order valence-electron chi connectivity index (χ4n) is 3.51. The maximum Gasteiger partial charge on any atom is 0.140 e. The lowest BCUT2D eigenvalue weighted by Crippen LogP contribution is -2.27. The van der Waals surface area contributed by atoms with Crippen LogP contribution in [0.1, 0.15) is 60.2 Å². The molecule has 2 aliphatic rings. The third-order valence-corrected chi connectivity index (χ3v) is 4.84. The molecule has 0 saturated heterocycles. The zero-order chi connectivity index (χ0) is 14.2. The number of aryl methyl sites for hydroxylation is 1. The molecule has 3 nitrogen and oxygen atoms in total. The van der Waals surface area contributed by atoms with Crippen molar-refractivity contribution in [1.82, 2.24) is 10.1 Å². The van der Waals surface area contributed by atoms with Crippen molar-refractivity contribution in [2.75, 3.05) is 7.05 Å². The van der Waals surface area contributed by atoms with E-state index in [0.717, 1.165) is 18.0 Å². The molecular formula is C18H22N2O. The predicted octanol–water partition coefficient (Wildman–Crippen LogP) is 4.06. The molecule has 1 aromatic heterocycles. The number of benzene rings is 1. The minimum absolute atomic E-state index is 0.510. The number of hydrogen-bond donors (Lipinski definition) is 0. The first kappa shape index (κ1) is 13.1. The van der Waals surface area contributed by atoms with Crippen molar-refractivity contribution < 1.29 is 4.52 Å². The average molecular weight is 282 g/mol. The summed E-state index contributed by atoms with van der Waals surface area (Å²) in [5.41, 5.74) is 4.08. The molecule has 0 radical (unpaired) electrons. The Balaban J connectivity index is 1.50. The molecule has 0 amide bonds. The lowest BCUT2D eigenvalue weighted by Gasteiger charge is -2.32. The summed E-state index contributed by atoms with van der Waals surface area (Å²) < 4.78 is 5.47. The highest BCUT2D eigenvalue weighted by atomic mass is 16.5. The summed E-state index contributed by atoms with van der Waals surface area (Å²) in [4.78, 5) is 2.42. The Morgan fingerprint density at radius 1 is 1.24 bits per heavy atom. The van der Waals surface area contributed by atoms with Gasteiger partial charge in [-0.2, -0.15) is 0 Å². The Bertz CT molecular complexity index is 630. The van der Waals surface area contributed by atoms with Gasteiger partial charge in [0.05, 0.1) is 5.69 Å². The Morgan fingerprint density at radius 2 is 2.10 bits per heavy atom. The average Bonchev–Trinajstić information content (AvgIpc) is 3.27. The van der Waals surface area contributed by atoms with Gasteiger partial charge >= 0.3 is 0 Å². The Hall–Kier alpha value is -1.61. The van der Waals surface area contributed by atoms with Crippen molar-refractivity contribution in [3.05, 3.63) is 52.9 Å². The van der Waals surface area contributed by atoms with E-state index in [4.69, 9.17) is 4.52 Å². The maximum absolute atomic E-state index is 5.47.